The van der Waals surface area contributed by atoms with Crippen LogP contribution in [0.25, 0.3) is 0 Å². The van der Waals surface area contributed by atoms with E-state index in [2.05, 4.69) is 4.98 Å². The van der Waals surface area contributed by atoms with E-state index in [-0.39, 0.29) is 5.69 Å². The van der Waals surface area contributed by atoms with Crippen molar-refractivity contribution in [1.29, 1.82) is 0 Å². The van der Waals surface area contributed by atoms with Crippen molar-refractivity contribution in [3.05, 3.63) is 40.8 Å². The first kappa shape index (κ1) is 10.5. The third-order valence-corrected chi connectivity index (χ3v) is 2.78. The van der Waals surface area contributed by atoms with Gasteiger partial charge in [0.1, 0.15) is 6.26 Å². The molecule has 2 N–H and O–H groups in total. The summed E-state index contributed by atoms with van der Waals surface area (Å²) in [4.78, 5) is 14.6. The largest absolute Gasteiger partial charge is 0.440 e. The number of nitrogens with zero attached hydrogens (tertiary/aromatic N) is 2. The maximum absolute atomic E-state index is 10.5. The Morgan fingerprint density at radius 1 is 1.50 bits per heavy atom. The number of nitro groups is 1. The zero-order chi connectivity index (χ0) is 11.5. The lowest BCUT2D eigenvalue weighted by molar-refractivity contribution is -0.384. The first-order valence-electron chi connectivity index (χ1n) is 4.28. The molecule has 0 aliphatic heterocycles. The quantitative estimate of drug-likeness (QED) is 0.500. The highest BCUT2D eigenvalue weighted by Gasteiger charge is 2.10. The summed E-state index contributed by atoms with van der Waals surface area (Å²) < 4.78 is 5.03. The molecule has 0 aliphatic rings. The third-order valence-electron chi connectivity index (χ3n) is 1.81. The SMILES string of the molecule is Nc1cc([N+](=O)[O-])ccc1Sc1ncco1. The van der Waals surface area contributed by atoms with Crippen molar-refractivity contribution in [3.8, 4) is 0 Å². The molecule has 0 radical (unpaired) electrons. The predicted octanol–water partition coefficient (Wildman–Crippen LogP) is 2.32. The summed E-state index contributed by atoms with van der Waals surface area (Å²) in [6.07, 6.45) is 2.97. The predicted molar refractivity (Wildman–Crippen MR) is 58.1 cm³/mol. The zero-order valence-electron chi connectivity index (χ0n) is 7.99. The minimum absolute atomic E-state index is 0.0331. The van der Waals surface area contributed by atoms with Gasteiger partial charge >= 0.3 is 0 Å². The molecule has 0 saturated heterocycles. The number of benzene rings is 1. The fourth-order valence-corrected chi connectivity index (χ4v) is 1.82. The standard InChI is InChI=1S/C9H7N3O3S/c10-7-5-6(12(13)14)1-2-8(7)16-9-11-3-4-15-9/h1-5H,10H2. The molecule has 0 atom stereocenters. The lowest BCUT2D eigenvalue weighted by Crippen LogP contribution is -1.93. The first-order chi connectivity index (χ1) is 7.66. The van der Waals surface area contributed by atoms with Gasteiger partial charge in [0.05, 0.1) is 16.8 Å². The van der Waals surface area contributed by atoms with E-state index in [0.717, 1.165) is 0 Å². The molecule has 0 saturated carbocycles. The zero-order valence-corrected chi connectivity index (χ0v) is 8.81. The molecular weight excluding hydrogens is 230 g/mol. The van der Waals surface area contributed by atoms with Crippen molar-refractivity contribution in [1.82, 2.24) is 4.98 Å². The first-order valence-corrected chi connectivity index (χ1v) is 5.10. The Balaban J connectivity index is 2.26. The van der Waals surface area contributed by atoms with Crippen LogP contribution in [-0.2, 0) is 0 Å². The van der Waals surface area contributed by atoms with Gasteiger partial charge in [-0.1, -0.05) is 0 Å². The second-order valence-electron chi connectivity index (χ2n) is 2.88. The van der Waals surface area contributed by atoms with Crippen LogP contribution in [0.2, 0.25) is 0 Å². The Kier molecular flexibility index (Phi) is 2.78. The van der Waals surface area contributed by atoms with Gasteiger partial charge in [0, 0.05) is 17.0 Å². The molecule has 0 fully saturated rings. The van der Waals surface area contributed by atoms with Gasteiger partial charge in [0.15, 0.2) is 0 Å². The number of aromatic nitrogens is 1. The molecule has 2 aromatic rings. The Bertz CT molecular complexity index is 513. The van der Waals surface area contributed by atoms with Crippen molar-refractivity contribution in [2.45, 2.75) is 10.1 Å². The second-order valence-corrected chi connectivity index (χ2v) is 3.87. The molecule has 1 aromatic heterocycles. The van der Waals surface area contributed by atoms with Crippen molar-refractivity contribution in [3.63, 3.8) is 0 Å². The minimum Gasteiger partial charge on any atom is -0.440 e. The molecule has 0 amide bonds. The monoisotopic (exact) mass is 237 g/mol. The van der Waals surface area contributed by atoms with Crippen LogP contribution < -0.4 is 5.73 Å². The lowest BCUT2D eigenvalue weighted by Gasteiger charge is -2.01. The van der Waals surface area contributed by atoms with E-state index >= 15 is 0 Å². The Morgan fingerprint density at radius 2 is 2.31 bits per heavy atom. The molecule has 82 valence electrons. The Labute approximate surface area is 94.6 Å². The van der Waals surface area contributed by atoms with Gasteiger partial charge in [-0.3, -0.25) is 10.1 Å². The fourth-order valence-electron chi connectivity index (χ4n) is 1.10. The summed E-state index contributed by atoms with van der Waals surface area (Å²) in [7, 11) is 0. The average Bonchev–Trinajstić information content (AvgIpc) is 2.73. The smallest absolute Gasteiger partial charge is 0.271 e. The topological polar surface area (TPSA) is 95.2 Å². The van der Waals surface area contributed by atoms with Crippen molar-refractivity contribution < 1.29 is 9.34 Å². The highest BCUT2D eigenvalue weighted by molar-refractivity contribution is 7.99. The van der Waals surface area contributed by atoms with E-state index in [9.17, 15) is 10.1 Å². The molecule has 0 bridgehead atoms. The number of hydrogen-bond donors (Lipinski definition) is 1. The molecule has 6 nitrogen and oxygen atoms in total. The molecule has 1 aromatic carbocycles. The highest BCUT2D eigenvalue weighted by Crippen LogP contribution is 2.32. The molecule has 0 aliphatic carbocycles. The normalized spacial score (nSPS) is 10.2. The van der Waals surface area contributed by atoms with E-state index in [1.54, 1.807) is 6.07 Å². The number of nitrogens with two attached hydrogens (primary N) is 1. The molecule has 16 heavy (non-hydrogen) atoms. The van der Waals surface area contributed by atoms with Crippen LogP contribution in [0, 0.1) is 10.1 Å². The number of rotatable bonds is 3. The van der Waals surface area contributed by atoms with Crippen LogP contribution in [0.15, 0.2) is 45.2 Å². The number of oxazole rings is 1. The maximum atomic E-state index is 10.5. The van der Waals surface area contributed by atoms with Crippen LogP contribution in [0.1, 0.15) is 0 Å². The van der Waals surface area contributed by atoms with Crippen molar-refractivity contribution >= 4 is 23.1 Å². The van der Waals surface area contributed by atoms with E-state index in [1.807, 2.05) is 0 Å². The number of non-ortho nitro benzene ring substituents is 1. The fraction of sp³-hybridized carbons (Fsp3) is 0. The Hall–Kier alpha value is -2.02. The van der Waals surface area contributed by atoms with Gasteiger partial charge in [0.25, 0.3) is 10.9 Å². The third kappa shape index (κ3) is 2.14. The highest BCUT2D eigenvalue weighted by atomic mass is 32.2. The second kappa shape index (κ2) is 4.23. The van der Waals surface area contributed by atoms with Gasteiger partial charge in [-0.25, -0.2) is 4.98 Å². The van der Waals surface area contributed by atoms with Crippen LogP contribution in [0.4, 0.5) is 11.4 Å². The summed E-state index contributed by atoms with van der Waals surface area (Å²) >= 11 is 1.22. The van der Waals surface area contributed by atoms with Gasteiger partial charge in [-0.15, -0.1) is 0 Å². The molecular formula is C9H7N3O3S. The van der Waals surface area contributed by atoms with E-state index in [1.165, 1.54) is 36.4 Å². The van der Waals surface area contributed by atoms with Crippen LogP contribution in [0.3, 0.4) is 0 Å². The van der Waals surface area contributed by atoms with Crippen LogP contribution in [0.5, 0.6) is 0 Å². The Morgan fingerprint density at radius 3 is 2.88 bits per heavy atom. The molecule has 7 heteroatoms. The molecule has 0 spiro atoms. The maximum Gasteiger partial charge on any atom is 0.271 e. The number of nitrogen functional groups attached to an aromatic ring is 1. The molecule has 0 unspecified atom stereocenters. The van der Waals surface area contributed by atoms with Crippen molar-refractivity contribution in [2.75, 3.05) is 5.73 Å². The minimum atomic E-state index is -0.490. The van der Waals surface area contributed by atoms with Gasteiger partial charge in [-0.05, 0) is 17.8 Å². The van der Waals surface area contributed by atoms with E-state index < -0.39 is 4.92 Å². The summed E-state index contributed by atoms with van der Waals surface area (Å²) in [5.41, 5.74) is 5.98. The number of hydrogen-bond acceptors (Lipinski definition) is 6. The summed E-state index contributed by atoms with van der Waals surface area (Å²) in [5, 5.41) is 10.9. The van der Waals surface area contributed by atoms with Gasteiger partial charge in [0.2, 0.25) is 0 Å². The average molecular weight is 237 g/mol. The van der Waals surface area contributed by atoms with E-state index in [4.69, 9.17) is 10.2 Å². The summed E-state index contributed by atoms with van der Waals surface area (Å²) in [6, 6.07) is 4.27. The van der Waals surface area contributed by atoms with Gasteiger partial charge in [-0.2, -0.15) is 0 Å². The lowest BCUT2D eigenvalue weighted by atomic mass is 10.3. The number of anilines is 1. The van der Waals surface area contributed by atoms with Crippen LogP contribution in [-0.4, -0.2) is 9.91 Å². The van der Waals surface area contributed by atoms with E-state index in [0.29, 0.717) is 15.8 Å². The summed E-state index contributed by atoms with van der Waals surface area (Å²) in [6.45, 7) is 0. The number of nitro benzene ring substituents is 1. The van der Waals surface area contributed by atoms with Gasteiger partial charge < -0.3 is 10.2 Å². The summed E-state index contributed by atoms with van der Waals surface area (Å²) in [5.74, 6) is 0. The molecule has 1 heterocycles. The van der Waals surface area contributed by atoms with Crippen LogP contribution >= 0.6 is 11.8 Å². The molecule has 2 rings (SSSR count). The van der Waals surface area contributed by atoms with Crippen molar-refractivity contribution in [2.24, 2.45) is 0 Å².